The SMILES string of the molecule is C[C@@]12CCC[C@@](C)(C(=O)O)C1CC[C@]13C=C(CO)[C@](O)(CCC12)C3. The van der Waals surface area contributed by atoms with Gasteiger partial charge < -0.3 is 15.3 Å². The van der Waals surface area contributed by atoms with Gasteiger partial charge in [-0.2, -0.15) is 0 Å². The third-order valence-corrected chi connectivity index (χ3v) is 8.55. The first kappa shape index (κ1) is 16.6. The van der Waals surface area contributed by atoms with Crippen LogP contribution in [0.15, 0.2) is 11.6 Å². The van der Waals surface area contributed by atoms with E-state index < -0.39 is 17.0 Å². The first-order valence-electron chi connectivity index (χ1n) is 9.49. The van der Waals surface area contributed by atoms with Gasteiger partial charge in [-0.05, 0) is 80.1 Å². The molecule has 4 rings (SSSR count). The van der Waals surface area contributed by atoms with E-state index in [0.717, 1.165) is 50.5 Å². The minimum Gasteiger partial charge on any atom is -0.481 e. The second-order valence-electron chi connectivity index (χ2n) is 9.53. The van der Waals surface area contributed by atoms with Crippen molar-refractivity contribution in [1.29, 1.82) is 0 Å². The molecule has 3 fully saturated rings. The predicted molar refractivity (Wildman–Crippen MR) is 90.3 cm³/mol. The van der Waals surface area contributed by atoms with Gasteiger partial charge >= 0.3 is 5.97 Å². The van der Waals surface area contributed by atoms with Crippen LogP contribution in [0.5, 0.6) is 0 Å². The van der Waals surface area contributed by atoms with E-state index in [1.807, 2.05) is 6.92 Å². The number of hydrogen-bond donors (Lipinski definition) is 3. The molecule has 0 amide bonds. The second-order valence-corrected chi connectivity index (χ2v) is 9.53. The smallest absolute Gasteiger partial charge is 0.309 e. The van der Waals surface area contributed by atoms with E-state index in [2.05, 4.69) is 13.0 Å². The van der Waals surface area contributed by atoms with Crippen LogP contribution in [-0.4, -0.2) is 33.5 Å². The highest BCUT2D eigenvalue weighted by atomic mass is 16.4. The number of carboxylic acid groups (broad SMARTS) is 1. The third kappa shape index (κ3) is 1.84. The summed E-state index contributed by atoms with van der Waals surface area (Å²) >= 11 is 0. The van der Waals surface area contributed by atoms with Crippen molar-refractivity contribution in [3.05, 3.63) is 11.6 Å². The van der Waals surface area contributed by atoms with Crippen molar-refractivity contribution in [2.24, 2.45) is 28.1 Å². The maximum atomic E-state index is 12.1. The molecule has 4 heteroatoms. The summed E-state index contributed by atoms with van der Waals surface area (Å²) in [6.45, 7) is 4.22. The van der Waals surface area contributed by atoms with E-state index in [1.54, 1.807) is 0 Å². The molecular weight excluding hydrogens is 304 g/mol. The topological polar surface area (TPSA) is 77.8 Å². The number of aliphatic hydroxyl groups is 2. The first-order chi connectivity index (χ1) is 11.2. The molecule has 6 atom stereocenters. The maximum absolute atomic E-state index is 12.1. The highest BCUT2D eigenvalue weighted by molar-refractivity contribution is 5.75. The van der Waals surface area contributed by atoms with Crippen LogP contribution in [-0.2, 0) is 4.79 Å². The molecule has 4 aliphatic rings. The second kappa shape index (κ2) is 4.85. The Balaban J connectivity index is 1.77. The predicted octanol–water partition coefficient (Wildman–Crippen LogP) is 3.13. The zero-order valence-corrected chi connectivity index (χ0v) is 14.8. The number of hydrogen-bond acceptors (Lipinski definition) is 3. The summed E-state index contributed by atoms with van der Waals surface area (Å²) in [6, 6.07) is 0. The standard InChI is InChI=1S/C20H30O4/c1-17-6-3-7-18(2,16(22)23)14(17)4-8-19-10-13(11-21)20(24,12-19)9-5-15(17)19/h10,14-15,21,24H,3-9,11-12H2,1-2H3,(H,22,23)/t14?,15?,17-,18-,19-,20+/m1/s1. The molecule has 0 aliphatic heterocycles. The van der Waals surface area contributed by atoms with Gasteiger partial charge in [0.25, 0.3) is 0 Å². The van der Waals surface area contributed by atoms with Gasteiger partial charge in [-0.3, -0.25) is 4.79 Å². The van der Waals surface area contributed by atoms with Crippen LogP contribution >= 0.6 is 0 Å². The summed E-state index contributed by atoms with van der Waals surface area (Å²) in [4.78, 5) is 12.1. The van der Waals surface area contributed by atoms with E-state index >= 15 is 0 Å². The summed E-state index contributed by atoms with van der Waals surface area (Å²) in [7, 11) is 0. The molecule has 3 saturated carbocycles. The van der Waals surface area contributed by atoms with Crippen molar-refractivity contribution in [3.8, 4) is 0 Å². The Bertz CT molecular complexity index is 613. The van der Waals surface area contributed by atoms with Crippen LogP contribution in [0.3, 0.4) is 0 Å². The first-order valence-corrected chi connectivity index (χ1v) is 9.49. The zero-order valence-electron chi connectivity index (χ0n) is 14.8. The van der Waals surface area contributed by atoms with Gasteiger partial charge in [0.2, 0.25) is 0 Å². The molecule has 2 bridgehead atoms. The number of allylic oxidation sites excluding steroid dienone is 1. The molecule has 0 aromatic rings. The van der Waals surface area contributed by atoms with Crippen LogP contribution < -0.4 is 0 Å². The molecule has 0 aromatic heterocycles. The van der Waals surface area contributed by atoms with Gasteiger partial charge in [0, 0.05) is 0 Å². The van der Waals surface area contributed by atoms with Crippen LogP contribution in [0, 0.1) is 28.1 Å². The van der Waals surface area contributed by atoms with Crippen LogP contribution in [0.2, 0.25) is 0 Å². The minimum atomic E-state index is -0.820. The van der Waals surface area contributed by atoms with E-state index in [0.29, 0.717) is 12.3 Å². The molecule has 1 spiro atoms. The van der Waals surface area contributed by atoms with E-state index in [-0.39, 0.29) is 23.4 Å². The van der Waals surface area contributed by atoms with Crippen molar-refractivity contribution < 1.29 is 20.1 Å². The van der Waals surface area contributed by atoms with Gasteiger partial charge in [-0.15, -0.1) is 0 Å². The lowest BCUT2D eigenvalue weighted by Gasteiger charge is -2.63. The zero-order chi connectivity index (χ0) is 17.4. The molecule has 4 nitrogen and oxygen atoms in total. The molecule has 0 radical (unpaired) electrons. The summed E-state index contributed by atoms with van der Waals surface area (Å²) in [5.74, 6) is -0.00334. The molecule has 4 aliphatic carbocycles. The summed E-state index contributed by atoms with van der Waals surface area (Å²) in [6.07, 6.45) is 9.29. The Morgan fingerprint density at radius 3 is 2.54 bits per heavy atom. The third-order valence-electron chi connectivity index (χ3n) is 8.55. The average Bonchev–Trinajstić information content (AvgIpc) is 2.72. The highest BCUT2D eigenvalue weighted by Gasteiger charge is 2.66. The quantitative estimate of drug-likeness (QED) is 0.678. The molecule has 0 heterocycles. The van der Waals surface area contributed by atoms with Gasteiger partial charge in [0.15, 0.2) is 0 Å². The van der Waals surface area contributed by atoms with E-state index in [1.165, 1.54) is 0 Å². The number of aliphatic carboxylic acids is 1. The number of carboxylic acids is 1. The van der Waals surface area contributed by atoms with E-state index in [4.69, 9.17) is 0 Å². The summed E-state index contributed by atoms with van der Waals surface area (Å²) in [5.41, 5.74) is -0.646. The Kier molecular flexibility index (Phi) is 3.35. The summed E-state index contributed by atoms with van der Waals surface area (Å²) in [5, 5.41) is 30.6. The van der Waals surface area contributed by atoms with Crippen LogP contribution in [0.4, 0.5) is 0 Å². The lowest BCUT2D eigenvalue weighted by atomic mass is 9.41. The number of aliphatic hydroxyl groups excluding tert-OH is 1. The molecule has 24 heavy (non-hydrogen) atoms. The molecule has 2 unspecified atom stereocenters. The molecule has 0 saturated heterocycles. The summed E-state index contributed by atoms with van der Waals surface area (Å²) < 4.78 is 0. The Morgan fingerprint density at radius 1 is 1.17 bits per heavy atom. The normalized spacial score (nSPS) is 53.1. The van der Waals surface area contributed by atoms with Crippen molar-refractivity contribution in [3.63, 3.8) is 0 Å². The Morgan fingerprint density at radius 2 is 1.88 bits per heavy atom. The average molecular weight is 334 g/mol. The Labute approximate surface area is 144 Å². The fourth-order valence-corrected chi connectivity index (χ4v) is 7.49. The van der Waals surface area contributed by atoms with Gasteiger partial charge in [0.1, 0.15) is 0 Å². The van der Waals surface area contributed by atoms with Gasteiger partial charge in [-0.1, -0.05) is 19.4 Å². The lowest BCUT2D eigenvalue weighted by Crippen LogP contribution is -2.59. The van der Waals surface area contributed by atoms with Crippen molar-refractivity contribution >= 4 is 5.97 Å². The number of fused-ring (bicyclic) bond motifs is 3. The number of rotatable bonds is 2. The molecular formula is C20H30O4. The maximum Gasteiger partial charge on any atom is 0.309 e. The van der Waals surface area contributed by atoms with Gasteiger partial charge in [0.05, 0.1) is 17.6 Å². The lowest BCUT2D eigenvalue weighted by molar-refractivity contribution is -0.183. The highest BCUT2D eigenvalue weighted by Crippen LogP contribution is 2.71. The van der Waals surface area contributed by atoms with Crippen LogP contribution in [0.25, 0.3) is 0 Å². The van der Waals surface area contributed by atoms with E-state index in [9.17, 15) is 20.1 Å². The number of carbonyl (C=O) groups is 1. The molecule has 134 valence electrons. The molecule has 0 aromatic carbocycles. The Hall–Kier alpha value is -0.870. The molecule has 3 N–H and O–H groups in total. The van der Waals surface area contributed by atoms with Gasteiger partial charge in [-0.25, -0.2) is 0 Å². The fourth-order valence-electron chi connectivity index (χ4n) is 7.49. The van der Waals surface area contributed by atoms with Crippen LogP contribution in [0.1, 0.15) is 65.2 Å². The van der Waals surface area contributed by atoms with Crippen molar-refractivity contribution in [2.45, 2.75) is 70.8 Å². The fraction of sp³-hybridized carbons (Fsp3) is 0.850. The van der Waals surface area contributed by atoms with Crippen molar-refractivity contribution in [1.82, 2.24) is 0 Å². The minimum absolute atomic E-state index is 0.0202. The van der Waals surface area contributed by atoms with Crippen molar-refractivity contribution in [2.75, 3.05) is 6.61 Å². The largest absolute Gasteiger partial charge is 0.481 e. The monoisotopic (exact) mass is 334 g/mol.